The predicted octanol–water partition coefficient (Wildman–Crippen LogP) is 3.64. The average molecular weight is 335 g/mol. The maximum Gasteiger partial charge on any atom is 0.257 e. The van der Waals surface area contributed by atoms with Crippen molar-refractivity contribution < 1.29 is 9.53 Å². The Hall–Kier alpha value is -2.82. The van der Waals surface area contributed by atoms with Crippen molar-refractivity contribution in [1.29, 1.82) is 0 Å². The number of methoxy groups -OCH3 is 1. The second-order valence-corrected chi connectivity index (χ2v) is 6.35. The molecule has 3 aromatic rings. The van der Waals surface area contributed by atoms with E-state index in [-0.39, 0.29) is 5.91 Å². The van der Waals surface area contributed by atoms with Gasteiger partial charge in [0.2, 0.25) is 0 Å². The highest BCUT2D eigenvalue weighted by molar-refractivity contribution is 6.01. The topological polar surface area (TPSA) is 46.8 Å². The van der Waals surface area contributed by atoms with Crippen molar-refractivity contribution in [2.75, 3.05) is 20.2 Å². The van der Waals surface area contributed by atoms with Crippen LogP contribution in [0.25, 0.3) is 16.8 Å². The second-order valence-electron chi connectivity index (χ2n) is 6.35. The molecule has 1 saturated heterocycles. The van der Waals surface area contributed by atoms with Gasteiger partial charge in [0.15, 0.2) is 0 Å². The van der Waals surface area contributed by atoms with Gasteiger partial charge in [-0.05, 0) is 43.5 Å². The highest BCUT2D eigenvalue weighted by atomic mass is 16.5. The molecule has 0 aliphatic carbocycles. The Kier molecular flexibility index (Phi) is 4.14. The van der Waals surface area contributed by atoms with Gasteiger partial charge in [-0.1, -0.05) is 18.2 Å². The van der Waals surface area contributed by atoms with Crippen molar-refractivity contribution in [2.45, 2.75) is 19.3 Å². The molecule has 5 nitrogen and oxygen atoms in total. The van der Waals surface area contributed by atoms with E-state index in [1.807, 2.05) is 51.9 Å². The van der Waals surface area contributed by atoms with Crippen molar-refractivity contribution in [1.82, 2.24) is 14.5 Å². The lowest BCUT2D eigenvalue weighted by Crippen LogP contribution is -2.35. The minimum absolute atomic E-state index is 0.0810. The lowest BCUT2D eigenvalue weighted by atomic mass is 10.1. The molecule has 1 aliphatic rings. The summed E-state index contributed by atoms with van der Waals surface area (Å²) in [6.45, 7) is 1.68. The standard InChI is InChI=1S/C20H21N3O2/c1-25-16-8-5-7-15(13-16)18-9-6-10-19-17(14-21-23(18)19)20(24)22-11-3-2-4-12-22/h5-10,13-14H,2-4,11-12H2,1H3. The summed E-state index contributed by atoms with van der Waals surface area (Å²) in [5.41, 5.74) is 3.46. The Morgan fingerprint density at radius 2 is 1.88 bits per heavy atom. The number of carbonyl (C=O) groups excluding carboxylic acids is 1. The summed E-state index contributed by atoms with van der Waals surface area (Å²) >= 11 is 0. The summed E-state index contributed by atoms with van der Waals surface area (Å²) in [6, 6.07) is 13.8. The number of nitrogens with zero attached hydrogens (tertiary/aromatic N) is 3. The maximum atomic E-state index is 12.9. The number of piperidine rings is 1. The van der Waals surface area contributed by atoms with Crippen LogP contribution in [-0.2, 0) is 0 Å². The first-order valence-corrected chi connectivity index (χ1v) is 8.68. The molecule has 5 heteroatoms. The molecule has 0 saturated carbocycles. The van der Waals surface area contributed by atoms with Gasteiger partial charge in [-0.2, -0.15) is 5.10 Å². The quantitative estimate of drug-likeness (QED) is 0.734. The number of aromatic nitrogens is 2. The van der Waals surface area contributed by atoms with E-state index in [1.54, 1.807) is 13.3 Å². The third kappa shape index (κ3) is 2.86. The second kappa shape index (κ2) is 6.59. The van der Waals surface area contributed by atoms with Crippen LogP contribution in [0.5, 0.6) is 5.75 Å². The molecule has 4 rings (SSSR count). The van der Waals surface area contributed by atoms with Crippen LogP contribution in [0.2, 0.25) is 0 Å². The number of benzene rings is 1. The van der Waals surface area contributed by atoms with Crippen molar-refractivity contribution in [3.8, 4) is 17.0 Å². The van der Waals surface area contributed by atoms with Crippen LogP contribution in [0.4, 0.5) is 0 Å². The number of hydrogen-bond donors (Lipinski definition) is 0. The number of pyridine rings is 1. The fourth-order valence-electron chi connectivity index (χ4n) is 3.44. The van der Waals surface area contributed by atoms with Gasteiger partial charge >= 0.3 is 0 Å². The number of fused-ring (bicyclic) bond motifs is 1. The molecule has 0 unspecified atom stereocenters. The molecule has 1 aliphatic heterocycles. The number of carbonyl (C=O) groups is 1. The van der Waals surface area contributed by atoms with Gasteiger partial charge in [-0.15, -0.1) is 0 Å². The number of rotatable bonds is 3. The van der Waals surface area contributed by atoms with Gasteiger partial charge in [-0.25, -0.2) is 4.52 Å². The van der Waals surface area contributed by atoms with E-state index in [2.05, 4.69) is 5.10 Å². The summed E-state index contributed by atoms with van der Waals surface area (Å²) in [7, 11) is 1.66. The van der Waals surface area contributed by atoms with Crippen molar-refractivity contribution in [3.63, 3.8) is 0 Å². The third-order valence-corrected chi connectivity index (χ3v) is 4.78. The average Bonchev–Trinajstić information content (AvgIpc) is 3.12. The largest absolute Gasteiger partial charge is 0.497 e. The fourth-order valence-corrected chi connectivity index (χ4v) is 3.44. The highest BCUT2D eigenvalue weighted by Gasteiger charge is 2.22. The molecule has 0 radical (unpaired) electrons. The van der Waals surface area contributed by atoms with Gasteiger partial charge in [0.25, 0.3) is 5.91 Å². The molecule has 0 N–H and O–H groups in total. The van der Waals surface area contributed by atoms with Crippen molar-refractivity contribution >= 4 is 11.4 Å². The number of likely N-dealkylation sites (tertiary alicyclic amines) is 1. The zero-order valence-corrected chi connectivity index (χ0v) is 14.3. The van der Waals surface area contributed by atoms with Crippen LogP contribution < -0.4 is 4.74 Å². The Morgan fingerprint density at radius 1 is 1.08 bits per heavy atom. The van der Waals surface area contributed by atoms with Crippen LogP contribution in [0.15, 0.2) is 48.7 Å². The van der Waals surface area contributed by atoms with Gasteiger partial charge in [0, 0.05) is 18.7 Å². The predicted molar refractivity (Wildman–Crippen MR) is 96.9 cm³/mol. The highest BCUT2D eigenvalue weighted by Crippen LogP contribution is 2.26. The van der Waals surface area contributed by atoms with E-state index in [4.69, 9.17) is 4.74 Å². The van der Waals surface area contributed by atoms with E-state index in [0.717, 1.165) is 48.5 Å². The van der Waals surface area contributed by atoms with E-state index in [9.17, 15) is 4.79 Å². The summed E-state index contributed by atoms with van der Waals surface area (Å²) < 4.78 is 7.16. The van der Waals surface area contributed by atoms with Crippen LogP contribution in [0, 0.1) is 0 Å². The molecule has 1 fully saturated rings. The van der Waals surface area contributed by atoms with Crippen LogP contribution in [-0.4, -0.2) is 40.6 Å². The maximum absolute atomic E-state index is 12.9. The SMILES string of the molecule is COc1cccc(-c2cccc3c(C(=O)N4CCCCC4)cnn23)c1. The molecular formula is C20H21N3O2. The zero-order valence-electron chi connectivity index (χ0n) is 14.3. The minimum Gasteiger partial charge on any atom is -0.497 e. The Balaban J connectivity index is 1.76. The zero-order chi connectivity index (χ0) is 17.2. The molecule has 25 heavy (non-hydrogen) atoms. The molecule has 1 amide bonds. The number of ether oxygens (including phenoxy) is 1. The summed E-state index contributed by atoms with van der Waals surface area (Å²) in [4.78, 5) is 14.8. The summed E-state index contributed by atoms with van der Waals surface area (Å²) in [5, 5.41) is 4.49. The first-order valence-electron chi connectivity index (χ1n) is 8.68. The summed E-state index contributed by atoms with van der Waals surface area (Å²) in [5.74, 6) is 0.878. The molecular weight excluding hydrogens is 314 g/mol. The normalized spacial score (nSPS) is 14.7. The Labute approximate surface area is 146 Å². The molecule has 0 bridgehead atoms. The van der Waals surface area contributed by atoms with Crippen LogP contribution in [0.3, 0.4) is 0 Å². The van der Waals surface area contributed by atoms with E-state index in [1.165, 1.54) is 6.42 Å². The third-order valence-electron chi connectivity index (χ3n) is 4.78. The smallest absolute Gasteiger partial charge is 0.257 e. The lowest BCUT2D eigenvalue weighted by Gasteiger charge is -2.26. The molecule has 0 spiro atoms. The number of hydrogen-bond acceptors (Lipinski definition) is 3. The first kappa shape index (κ1) is 15.7. The van der Waals surface area contributed by atoms with Crippen LogP contribution in [0.1, 0.15) is 29.6 Å². The fraction of sp³-hybridized carbons (Fsp3) is 0.300. The Morgan fingerprint density at radius 3 is 2.68 bits per heavy atom. The molecule has 1 aromatic carbocycles. The monoisotopic (exact) mass is 335 g/mol. The first-order chi connectivity index (χ1) is 12.3. The van der Waals surface area contributed by atoms with Gasteiger partial charge < -0.3 is 9.64 Å². The molecule has 0 atom stereocenters. The van der Waals surface area contributed by atoms with E-state index in [0.29, 0.717) is 5.56 Å². The number of amides is 1. The van der Waals surface area contributed by atoms with E-state index < -0.39 is 0 Å². The van der Waals surface area contributed by atoms with Gasteiger partial charge in [-0.3, -0.25) is 4.79 Å². The molecule has 128 valence electrons. The molecule has 2 aromatic heterocycles. The lowest BCUT2D eigenvalue weighted by molar-refractivity contribution is 0.0726. The van der Waals surface area contributed by atoms with Gasteiger partial charge in [0.1, 0.15) is 5.75 Å². The van der Waals surface area contributed by atoms with Gasteiger partial charge in [0.05, 0.1) is 30.1 Å². The van der Waals surface area contributed by atoms with Crippen LogP contribution >= 0.6 is 0 Å². The summed E-state index contributed by atoms with van der Waals surface area (Å²) in [6.07, 6.45) is 5.06. The Bertz CT molecular complexity index is 910. The van der Waals surface area contributed by atoms with E-state index >= 15 is 0 Å². The van der Waals surface area contributed by atoms with Crippen molar-refractivity contribution in [2.24, 2.45) is 0 Å². The van der Waals surface area contributed by atoms with Crippen molar-refractivity contribution in [3.05, 3.63) is 54.2 Å². The minimum atomic E-state index is 0.0810. The molecule has 3 heterocycles.